The molecule has 0 rings (SSSR count). The Balaban J connectivity index is 0. The van der Waals surface area contributed by atoms with Gasteiger partial charge in [-0.3, -0.25) is 9.69 Å². The molecule has 0 aliphatic carbocycles. The molecule has 0 aliphatic heterocycles. The van der Waals surface area contributed by atoms with E-state index < -0.39 is 11.8 Å². The van der Waals surface area contributed by atoms with Gasteiger partial charge >= 0.3 is 35.5 Å². The van der Waals surface area contributed by atoms with Gasteiger partial charge in [0.25, 0.3) is 0 Å². The summed E-state index contributed by atoms with van der Waals surface area (Å²) in [7, 11) is 0. The van der Waals surface area contributed by atoms with E-state index in [1.165, 1.54) is 38.5 Å². The SMILES string of the molecule is CCCCCCCCCCN(CC(=O)O)C(C)(N)N.[NaH]. The van der Waals surface area contributed by atoms with Crippen LogP contribution in [0.15, 0.2) is 0 Å². The second kappa shape index (κ2) is 13.0. The topological polar surface area (TPSA) is 92.6 Å². The van der Waals surface area contributed by atoms with Gasteiger partial charge < -0.3 is 16.6 Å². The molecule has 0 saturated heterocycles. The predicted molar refractivity (Wildman–Crippen MR) is 85.7 cm³/mol. The molecule has 0 saturated carbocycles. The van der Waals surface area contributed by atoms with Crippen LogP contribution in [-0.2, 0) is 4.79 Å². The fourth-order valence-electron chi connectivity index (χ4n) is 2.09. The van der Waals surface area contributed by atoms with E-state index >= 15 is 0 Å². The minimum absolute atomic E-state index is 0. The van der Waals surface area contributed by atoms with Crippen molar-refractivity contribution in [3.05, 3.63) is 0 Å². The molecule has 0 atom stereocenters. The third kappa shape index (κ3) is 13.3. The van der Waals surface area contributed by atoms with Crippen LogP contribution in [0.25, 0.3) is 0 Å². The number of hydrogen-bond donors (Lipinski definition) is 3. The molecule has 0 aliphatic rings. The van der Waals surface area contributed by atoms with Gasteiger partial charge in [0.1, 0.15) is 5.79 Å². The zero-order valence-corrected chi connectivity index (χ0v) is 12.5. The van der Waals surface area contributed by atoms with Crippen molar-refractivity contribution in [3.8, 4) is 0 Å². The fraction of sp³-hybridized carbons (Fsp3) is 0.929. The summed E-state index contributed by atoms with van der Waals surface area (Å²) in [6.45, 7) is 4.40. The summed E-state index contributed by atoms with van der Waals surface area (Å²) in [5, 5.41) is 8.82. The zero-order chi connectivity index (χ0) is 14.7. The van der Waals surface area contributed by atoms with Crippen LogP contribution in [-0.4, -0.2) is 64.4 Å². The number of carboxylic acids is 1. The van der Waals surface area contributed by atoms with Crippen molar-refractivity contribution in [2.45, 2.75) is 71.0 Å². The molecule has 0 spiro atoms. The number of hydrogen-bond acceptors (Lipinski definition) is 4. The molecule has 0 aromatic carbocycles. The quantitative estimate of drug-likeness (QED) is 0.288. The number of unbranched alkanes of at least 4 members (excludes halogenated alkanes) is 7. The maximum absolute atomic E-state index is 10.7. The Morgan fingerprint density at radius 2 is 1.50 bits per heavy atom. The van der Waals surface area contributed by atoms with E-state index in [0.29, 0.717) is 6.54 Å². The Hall–Kier alpha value is 0.350. The number of nitrogens with two attached hydrogens (primary N) is 2. The molecule has 0 fully saturated rings. The molecule has 0 unspecified atom stereocenters. The Bertz CT molecular complexity index is 245. The number of nitrogens with zero attached hydrogens (tertiary/aromatic N) is 1. The summed E-state index contributed by atoms with van der Waals surface area (Å²) in [5.74, 6) is -1.94. The molecule has 6 heteroatoms. The average Bonchev–Trinajstić information content (AvgIpc) is 2.29. The fourth-order valence-corrected chi connectivity index (χ4v) is 2.09. The third-order valence-corrected chi connectivity index (χ3v) is 3.29. The van der Waals surface area contributed by atoms with E-state index in [1.807, 2.05) is 0 Å². The summed E-state index contributed by atoms with van der Waals surface area (Å²) >= 11 is 0. The van der Waals surface area contributed by atoms with E-state index in [0.717, 1.165) is 12.8 Å². The van der Waals surface area contributed by atoms with E-state index in [-0.39, 0.29) is 36.1 Å². The van der Waals surface area contributed by atoms with Crippen molar-refractivity contribution in [2.24, 2.45) is 11.5 Å². The Labute approximate surface area is 145 Å². The second-order valence-electron chi connectivity index (χ2n) is 5.52. The Morgan fingerprint density at radius 3 is 1.90 bits per heavy atom. The second-order valence-corrected chi connectivity index (χ2v) is 5.52. The molecule has 20 heavy (non-hydrogen) atoms. The van der Waals surface area contributed by atoms with Gasteiger partial charge in [0, 0.05) is 6.54 Å². The van der Waals surface area contributed by atoms with Crippen LogP contribution >= 0.6 is 0 Å². The van der Waals surface area contributed by atoms with Gasteiger partial charge in [-0.25, -0.2) is 0 Å². The van der Waals surface area contributed by atoms with Crippen LogP contribution < -0.4 is 11.5 Å². The first-order valence-electron chi connectivity index (χ1n) is 7.42. The van der Waals surface area contributed by atoms with Crippen molar-refractivity contribution in [3.63, 3.8) is 0 Å². The van der Waals surface area contributed by atoms with Crippen molar-refractivity contribution in [1.29, 1.82) is 0 Å². The van der Waals surface area contributed by atoms with Crippen molar-refractivity contribution in [1.82, 2.24) is 4.90 Å². The maximum atomic E-state index is 10.7. The monoisotopic (exact) mass is 297 g/mol. The van der Waals surface area contributed by atoms with Crippen LogP contribution in [0.3, 0.4) is 0 Å². The molecule has 0 aromatic rings. The summed E-state index contributed by atoms with van der Waals surface area (Å²) in [6, 6.07) is 0. The van der Waals surface area contributed by atoms with Crippen LogP contribution in [0, 0.1) is 0 Å². The van der Waals surface area contributed by atoms with Gasteiger partial charge in [-0.05, 0) is 13.3 Å². The minimum atomic E-state index is -1.06. The van der Waals surface area contributed by atoms with E-state index in [1.54, 1.807) is 11.8 Å². The van der Waals surface area contributed by atoms with Crippen LogP contribution in [0.2, 0.25) is 0 Å². The predicted octanol–water partition coefficient (Wildman–Crippen LogP) is 1.46. The van der Waals surface area contributed by atoms with Crippen molar-refractivity contribution < 1.29 is 9.90 Å². The first-order valence-corrected chi connectivity index (χ1v) is 7.42. The molecule has 0 heterocycles. The van der Waals surface area contributed by atoms with Crippen LogP contribution in [0.4, 0.5) is 0 Å². The molecule has 5 nitrogen and oxygen atoms in total. The van der Waals surface area contributed by atoms with E-state index in [4.69, 9.17) is 16.6 Å². The summed E-state index contributed by atoms with van der Waals surface area (Å²) in [5.41, 5.74) is 11.5. The number of carbonyl (C=O) groups is 1. The first kappa shape index (κ1) is 22.6. The molecule has 5 N–H and O–H groups in total. The summed E-state index contributed by atoms with van der Waals surface area (Å²) < 4.78 is 0. The molecular weight excluding hydrogens is 265 g/mol. The molecule has 116 valence electrons. The third-order valence-electron chi connectivity index (χ3n) is 3.29. The van der Waals surface area contributed by atoms with Gasteiger partial charge in [0.2, 0.25) is 0 Å². The van der Waals surface area contributed by atoms with Gasteiger partial charge in [0.05, 0.1) is 6.54 Å². The molecule has 0 amide bonds. The van der Waals surface area contributed by atoms with Gasteiger partial charge in [0.15, 0.2) is 0 Å². The van der Waals surface area contributed by atoms with Gasteiger partial charge in [-0.15, -0.1) is 0 Å². The molecule has 0 radical (unpaired) electrons. The van der Waals surface area contributed by atoms with E-state index in [9.17, 15) is 4.79 Å². The van der Waals surface area contributed by atoms with Crippen LogP contribution in [0.1, 0.15) is 65.2 Å². The van der Waals surface area contributed by atoms with Gasteiger partial charge in [-0.2, -0.15) is 0 Å². The Morgan fingerprint density at radius 1 is 1.05 bits per heavy atom. The van der Waals surface area contributed by atoms with Crippen molar-refractivity contribution in [2.75, 3.05) is 13.1 Å². The molecule has 0 bridgehead atoms. The van der Waals surface area contributed by atoms with Gasteiger partial charge in [-0.1, -0.05) is 51.9 Å². The molecular formula is C14H32N3NaO2. The standard InChI is InChI=1S/C14H31N3O2.Na.H/c1-3-4-5-6-7-8-9-10-11-17(12-13(18)19)14(2,15)16;;/h3-12,15-16H2,1-2H3,(H,18,19);;. The molecule has 0 aromatic heterocycles. The zero-order valence-electron chi connectivity index (χ0n) is 12.5. The first-order chi connectivity index (χ1) is 8.88. The van der Waals surface area contributed by atoms with Crippen LogP contribution in [0.5, 0.6) is 0 Å². The average molecular weight is 297 g/mol. The van der Waals surface area contributed by atoms with E-state index in [2.05, 4.69) is 6.92 Å². The number of aliphatic carboxylic acids is 1. The number of rotatable bonds is 12. The Kier molecular flexibility index (Phi) is 14.8. The normalized spacial score (nSPS) is 11.4. The number of carboxylic acid groups (broad SMARTS) is 1. The summed E-state index contributed by atoms with van der Waals surface area (Å²) in [6.07, 6.45) is 9.76. The van der Waals surface area contributed by atoms with Crippen molar-refractivity contribution >= 4 is 35.5 Å². The summed E-state index contributed by atoms with van der Waals surface area (Å²) in [4.78, 5) is 12.4.